The van der Waals surface area contributed by atoms with Gasteiger partial charge >= 0.3 is 12.3 Å². The van der Waals surface area contributed by atoms with Gasteiger partial charge in [0.2, 0.25) is 0 Å². The van der Waals surface area contributed by atoms with Crippen molar-refractivity contribution >= 4 is 10.9 Å². The highest BCUT2D eigenvalue weighted by molar-refractivity contribution is 5.85. The zero-order valence-corrected chi connectivity index (χ0v) is 11.3. The lowest BCUT2D eigenvalue weighted by molar-refractivity contribution is -0.126. The van der Waals surface area contributed by atoms with Crippen molar-refractivity contribution in [3.8, 4) is 0 Å². The number of aromatic nitrogens is 1. The van der Waals surface area contributed by atoms with Crippen LogP contribution < -0.4 is 5.32 Å². The van der Waals surface area contributed by atoms with Crippen LogP contribution >= 0.6 is 0 Å². The number of alkyl halides is 4. The maximum Gasteiger partial charge on any atom is 0.319 e. The fourth-order valence-electron chi connectivity index (χ4n) is 2.96. The number of halogens is 4. The Kier molecular flexibility index (Phi) is 3.65. The molecule has 0 aliphatic heterocycles. The zero-order valence-electron chi connectivity index (χ0n) is 11.3. The Hall–Kier alpha value is -1.56. The third kappa shape index (κ3) is 2.64. The van der Waals surface area contributed by atoms with Gasteiger partial charge in [-0.05, 0) is 30.9 Å². The van der Waals surface area contributed by atoms with Gasteiger partial charge < -0.3 is 10.3 Å². The monoisotopic (exact) mass is 300 g/mol. The molecule has 1 atom stereocenters. The van der Waals surface area contributed by atoms with E-state index >= 15 is 0 Å². The molecule has 0 saturated carbocycles. The summed E-state index contributed by atoms with van der Waals surface area (Å²) in [5.74, 6) is -4.00. The lowest BCUT2D eigenvalue weighted by atomic mass is 9.91. The Balaban J connectivity index is 1.84. The van der Waals surface area contributed by atoms with Crippen LogP contribution in [0.25, 0.3) is 10.9 Å². The molecule has 114 valence electrons. The molecule has 0 bridgehead atoms. The van der Waals surface area contributed by atoms with E-state index < -0.39 is 18.9 Å². The number of benzene rings is 1. The van der Waals surface area contributed by atoms with Crippen LogP contribution in [0.5, 0.6) is 0 Å². The highest BCUT2D eigenvalue weighted by Crippen LogP contribution is 2.35. The number of rotatable bonds is 4. The summed E-state index contributed by atoms with van der Waals surface area (Å²) in [5.41, 5.74) is 2.92. The fourth-order valence-corrected chi connectivity index (χ4v) is 2.96. The van der Waals surface area contributed by atoms with E-state index in [1.807, 2.05) is 24.3 Å². The summed E-state index contributed by atoms with van der Waals surface area (Å²) >= 11 is 0. The van der Waals surface area contributed by atoms with Crippen LogP contribution in [0.2, 0.25) is 0 Å². The first-order valence-corrected chi connectivity index (χ1v) is 6.98. The topological polar surface area (TPSA) is 27.8 Å². The molecule has 0 fully saturated rings. The van der Waals surface area contributed by atoms with Crippen molar-refractivity contribution in [2.75, 3.05) is 6.54 Å². The number of hydrogen-bond acceptors (Lipinski definition) is 1. The molecular weight excluding hydrogens is 284 g/mol. The largest absolute Gasteiger partial charge is 0.357 e. The van der Waals surface area contributed by atoms with Crippen LogP contribution in [0.3, 0.4) is 0 Å². The summed E-state index contributed by atoms with van der Waals surface area (Å²) in [6, 6.07) is 7.42. The number of aryl methyl sites for hydroxylation is 1. The minimum absolute atomic E-state index is 0.328. The van der Waals surface area contributed by atoms with Gasteiger partial charge in [0.05, 0.1) is 6.54 Å². The molecule has 3 rings (SSSR count). The highest BCUT2D eigenvalue weighted by Gasteiger charge is 2.41. The smallest absolute Gasteiger partial charge is 0.319 e. The van der Waals surface area contributed by atoms with Crippen molar-refractivity contribution in [3.05, 3.63) is 35.5 Å². The molecule has 0 amide bonds. The highest BCUT2D eigenvalue weighted by atomic mass is 19.3. The van der Waals surface area contributed by atoms with Crippen molar-refractivity contribution in [1.82, 2.24) is 10.3 Å². The van der Waals surface area contributed by atoms with Crippen LogP contribution in [0.15, 0.2) is 24.3 Å². The lowest BCUT2D eigenvalue weighted by Crippen LogP contribution is -2.41. The minimum atomic E-state index is -4.00. The third-order valence-corrected chi connectivity index (χ3v) is 4.02. The van der Waals surface area contributed by atoms with Crippen LogP contribution in [0.1, 0.15) is 30.1 Å². The number of nitrogens with one attached hydrogen (secondary N) is 2. The van der Waals surface area contributed by atoms with Crippen LogP contribution in [-0.2, 0) is 6.42 Å². The second-order valence-corrected chi connectivity index (χ2v) is 5.45. The predicted octanol–water partition coefficient (Wildman–Crippen LogP) is 4.04. The summed E-state index contributed by atoms with van der Waals surface area (Å²) in [7, 11) is 0. The number of aromatic amines is 1. The van der Waals surface area contributed by atoms with E-state index in [2.05, 4.69) is 10.3 Å². The van der Waals surface area contributed by atoms with Gasteiger partial charge in [0, 0.05) is 22.6 Å². The fraction of sp³-hybridized carbons (Fsp3) is 0.467. The maximum absolute atomic E-state index is 13.1. The average Bonchev–Trinajstić information content (AvgIpc) is 2.84. The van der Waals surface area contributed by atoms with Crippen molar-refractivity contribution in [1.29, 1.82) is 0 Å². The maximum atomic E-state index is 13.1. The predicted molar refractivity (Wildman–Crippen MR) is 72.9 cm³/mol. The van der Waals surface area contributed by atoms with Gasteiger partial charge in [-0.15, -0.1) is 0 Å². The molecule has 2 aromatic rings. The molecule has 1 aromatic carbocycles. The summed E-state index contributed by atoms with van der Waals surface area (Å²) < 4.78 is 50.6. The number of fused-ring (bicyclic) bond motifs is 3. The first kappa shape index (κ1) is 14.4. The van der Waals surface area contributed by atoms with E-state index in [1.165, 1.54) is 0 Å². The van der Waals surface area contributed by atoms with Crippen molar-refractivity contribution in [2.45, 2.75) is 37.7 Å². The van der Waals surface area contributed by atoms with Crippen molar-refractivity contribution in [3.63, 3.8) is 0 Å². The lowest BCUT2D eigenvalue weighted by Gasteiger charge is -2.26. The van der Waals surface area contributed by atoms with Gasteiger partial charge in [-0.25, -0.2) is 8.78 Å². The van der Waals surface area contributed by atoms with E-state index in [0.29, 0.717) is 6.42 Å². The Morgan fingerprint density at radius 2 is 2.05 bits per heavy atom. The molecule has 1 aliphatic carbocycles. The molecule has 21 heavy (non-hydrogen) atoms. The van der Waals surface area contributed by atoms with Crippen LogP contribution in [-0.4, -0.2) is 23.9 Å². The second kappa shape index (κ2) is 5.33. The number of H-pyrrole nitrogens is 1. The molecule has 1 heterocycles. The van der Waals surface area contributed by atoms with E-state index in [1.54, 1.807) is 0 Å². The number of para-hydroxylation sites is 1. The molecule has 2 nitrogen and oxygen atoms in total. The Morgan fingerprint density at radius 1 is 1.29 bits per heavy atom. The average molecular weight is 300 g/mol. The molecule has 2 N–H and O–H groups in total. The summed E-state index contributed by atoms with van der Waals surface area (Å²) in [6.45, 7) is -1.01. The normalized spacial score (nSPS) is 19.2. The molecule has 0 saturated heterocycles. The van der Waals surface area contributed by atoms with Crippen molar-refractivity contribution in [2.24, 2.45) is 0 Å². The summed E-state index contributed by atoms with van der Waals surface area (Å²) in [4.78, 5) is 3.24. The van der Waals surface area contributed by atoms with E-state index in [-0.39, 0.29) is 6.04 Å². The Bertz CT molecular complexity index is 636. The standard InChI is InChI=1S/C15H16F4N2/c16-14(17)15(18,19)8-20-12-7-3-5-10-9-4-1-2-6-11(9)21-13(10)12/h1-2,4,6,12,14,20-21H,3,5,7-8H2. The first-order valence-electron chi connectivity index (χ1n) is 6.98. The van der Waals surface area contributed by atoms with Crippen LogP contribution in [0.4, 0.5) is 17.6 Å². The quantitative estimate of drug-likeness (QED) is 0.820. The summed E-state index contributed by atoms with van der Waals surface area (Å²) in [6.07, 6.45) is -1.25. The first-order chi connectivity index (χ1) is 9.99. The molecule has 1 aromatic heterocycles. The minimum Gasteiger partial charge on any atom is -0.357 e. The molecular formula is C15H16F4N2. The Morgan fingerprint density at radius 3 is 2.81 bits per heavy atom. The SMILES string of the molecule is FC(F)C(F)(F)CNC1CCCc2c1[nH]c1ccccc21. The van der Waals surface area contributed by atoms with Gasteiger partial charge in [0.15, 0.2) is 0 Å². The molecule has 0 spiro atoms. The van der Waals surface area contributed by atoms with Gasteiger partial charge in [-0.1, -0.05) is 18.2 Å². The summed E-state index contributed by atoms with van der Waals surface area (Å²) in [5, 5.41) is 3.68. The Labute approximate surface area is 119 Å². The second-order valence-electron chi connectivity index (χ2n) is 5.45. The van der Waals surface area contributed by atoms with Gasteiger partial charge in [-0.3, -0.25) is 0 Å². The van der Waals surface area contributed by atoms with Crippen molar-refractivity contribution < 1.29 is 17.6 Å². The van der Waals surface area contributed by atoms with Gasteiger partial charge in [0.1, 0.15) is 0 Å². The molecule has 0 radical (unpaired) electrons. The van der Waals surface area contributed by atoms with Crippen LogP contribution in [0, 0.1) is 0 Å². The van der Waals surface area contributed by atoms with E-state index in [0.717, 1.165) is 35.0 Å². The zero-order chi connectivity index (χ0) is 15.0. The molecule has 1 aliphatic rings. The van der Waals surface area contributed by atoms with Gasteiger partial charge in [-0.2, -0.15) is 8.78 Å². The van der Waals surface area contributed by atoms with E-state index in [4.69, 9.17) is 0 Å². The van der Waals surface area contributed by atoms with E-state index in [9.17, 15) is 17.6 Å². The van der Waals surface area contributed by atoms with Gasteiger partial charge in [0.25, 0.3) is 0 Å². The number of hydrogen-bond donors (Lipinski definition) is 2. The molecule has 1 unspecified atom stereocenters. The third-order valence-electron chi connectivity index (χ3n) is 4.02. The molecule has 6 heteroatoms.